The van der Waals surface area contributed by atoms with Gasteiger partial charge in [0.05, 0.1) is 26.4 Å². The lowest BCUT2D eigenvalue weighted by atomic mass is 9.98. The third-order valence-corrected chi connectivity index (χ3v) is 18.9. The zero-order chi connectivity index (χ0) is 90.1. The molecule has 2 heterocycles. The molecule has 0 saturated carbocycles. The molecule has 0 aromatic carbocycles. The van der Waals surface area contributed by atoms with Crippen LogP contribution in [0, 0.1) is 0 Å². The van der Waals surface area contributed by atoms with E-state index < -0.39 is 334 Å². The highest BCUT2D eigenvalue weighted by Crippen LogP contribution is 2.38. The van der Waals surface area contributed by atoms with Crippen molar-refractivity contribution in [3.8, 4) is 0 Å². The predicted molar refractivity (Wildman–Crippen MR) is 325 cm³/mol. The van der Waals surface area contributed by atoms with E-state index in [1.165, 1.54) is 10.6 Å². The number of carbonyl (C=O) groups excluding carboxylic acids is 2. The van der Waals surface area contributed by atoms with Gasteiger partial charge in [0.2, 0.25) is 0 Å². The second-order valence-electron chi connectivity index (χ2n) is 20.0. The number of hydrogen-bond donors (Lipinski definition) is 18. The monoisotopic (exact) mass is 2030 g/mol. The first-order valence-electron chi connectivity index (χ1n) is 26.3. The number of ether oxygens (including phenoxy) is 4. The second-order valence-corrected chi connectivity index (χ2v) is 36.9. The average Bonchev–Trinajstić information content (AvgIpc) is 0.766. The molecule has 88 heteroatoms. The van der Waals surface area contributed by atoms with Crippen LogP contribution >= 0.6 is 0 Å². The van der Waals surface area contributed by atoms with Crippen LogP contribution in [0.2, 0.25) is 0 Å². The Labute approximate surface area is 643 Å². The van der Waals surface area contributed by atoms with Crippen LogP contribution in [0.5, 0.6) is 0 Å². The lowest BCUT2D eigenvalue weighted by molar-refractivity contribution is -0.312. The van der Waals surface area contributed by atoms with Gasteiger partial charge in [-0.15, -0.1) is 0 Å². The molecule has 2 fully saturated rings. The lowest BCUT2D eigenvalue weighted by Crippen LogP contribution is -2.65. The normalized spacial score (nSPS) is 24.3. The highest BCUT2D eigenvalue weighted by atomic mass is 32.3. The summed E-state index contributed by atoms with van der Waals surface area (Å²) in [6.45, 7) is -13.5. The first-order valence-corrected chi connectivity index (χ1v) is 48.1. The van der Waals surface area contributed by atoms with Gasteiger partial charge >= 0.3 is 166 Å². The van der Waals surface area contributed by atoms with Gasteiger partial charge in [-0.2, -0.15) is 135 Å². The SMILES string of the molecule is O=C(NCCCNC(=O)[C@H](OS(=O)(=O)O)[C@@H](OS(=O)(=O)O)[C@H](O[C@@H]1O[C@H](COS(=O)(=O)O)[C@H](OS(=O)(=O)O)[C@H](OS(=O)(=O)O)[C@H]1OS(=O)(=O)O)[C@@H](COS(=O)(=O)O)OS(=O)(=O)O)[C@H](OS(=O)(=O)O)[C@@H](OS(=O)(=O)O)[C@H](O[C@@H]1O[C@H](COS(=O)(=O)O)[C@H](OS(=O)(=O)O)[C@H](OS(=O)(=O)O)[C@H]1OS(=O)(=O)O)[C@H](COS(=O)(=O)O)OS(=O)(=O)O. The molecule has 684 valence electrons. The van der Waals surface area contributed by atoms with Crippen molar-refractivity contribution in [3.05, 3.63) is 0 Å². The summed E-state index contributed by atoms with van der Waals surface area (Å²) >= 11 is 0. The van der Waals surface area contributed by atoms with Gasteiger partial charge in [0.1, 0.15) is 73.2 Å². The lowest BCUT2D eigenvalue weighted by Gasteiger charge is -2.45. The molecule has 0 spiro atoms. The van der Waals surface area contributed by atoms with Gasteiger partial charge in [0, 0.05) is 13.1 Å². The van der Waals surface area contributed by atoms with E-state index in [1.807, 2.05) is 0 Å². The number of carbonyl (C=O) groups is 2. The molecular formula is C27H50N2O70S16. The first-order chi connectivity index (χ1) is 50.8. The minimum Gasteiger partial charge on any atom is -0.354 e. The minimum atomic E-state index is -6.97. The Morgan fingerprint density at radius 2 is 0.496 bits per heavy atom. The first kappa shape index (κ1) is 108. The summed E-state index contributed by atoms with van der Waals surface area (Å²) in [5.74, 6) is -5.56. The van der Waals surface area contributed by atoms with Gasteiger partial charge in [0.25, 0.3) is 11.8 Å². The predicted octanol–water partition coefficient (Wildman–Crippen LogP) is -14.6. The van der Waals surface area contributed by atoms with Crippen LogP contribution in [0.4, 0.5) is 0 Å². The fraction of sp³-hybridized carbons (Fsp3) is 0.926. The maximum absolute atomic E-state index is 14.2. The molecule has 2 aliphatic heterocycles. The van der Waals surface area contributed by atoms with Gasteiger partial charge in [-0.3, -0.25) is 82.4 Å². The van der Waals surface area contributed by atoms with Crippen molar-refractivity contribution in [1.29, 1.82) is 0 Å². The van der Waals surface area contributed by atoms with E-state index in [0.717, 1.165) is 0 Å². The van der Waals surface area contributed by atoms with E-state index >= 15 is 0 Å². The maximum Gasteiger partial charge on any atom is 0.398 e. The fourth-order valence-electron chi connectivity index (χ4n) is 8.39. The van der Waals surface area contributed by atoms with Gasteiger partial charge < -0.3 is 29.6 Å². The van der Waals surface area contributed by atoms with Crippen LogP contribution in [0.25, 0.3) is 0 Å². The van der Waals surface area contributed by atoms with Crippen LogP contribution < -0.4 is 10.6 Å². The van der Waals surface area contributed by atoms with Crippen molar-refractivity contribution in [2.75, 3.05) is 39.5 Å². The van der Waals surface area contributed by atoms with Gasteiger partial charge in [-0.25, -0.2) is 66.9 Å². The van der Waals surface area contributed by atoms with Crippen LogP contribution in [0.3, 0.4) is 0 Å². The molecule has 2 saturated heterocycles. The Balaban J connectivity index is 3.25. The molecule has 115 heavy (non-hydrogen) atoms. The van der Waals surface area contributed by atoms with Crippen molar-refractivity contribution in [2.24, 2.45) is 0 Å². The van der Waals surface area contributed by atoms with Crippen molar-refractivity contribution >= 4 is 178 Å². The molecule has 2 aliphatic rings. The molecule has 0 aromatic heterocycles. The molecular weight excluding hydrogens is 1990 g/mol. The van der Waals surface area contributed by atoms with E-state index in [1.54, 1.807) is 0 Å². The van der Waals surface area contributed by atoms with Crippen molar-refractivity contribution < 1.29 is 303 Å². The van der Waals surface area contributed by atoms with E-state index in [-0.39, 0.29) is 0 Å². The van der Waals surface area contributed by atoms with E-state index in [9.17, 15) is 217 Å². The standard InChI is InChI=1S/C27H50N2O70S16/c30-24(20(96-112(68,69)70)16(92-108(56,57)58)12(10(88-104(44,45)46)6-82-102(38,39)40)86-26-22(98-114(74,75)76)18(94-110(62,63)64)14(90-106(50,51)52)8(84-26)4-80-100(32,33)34)28-2-1-3-29-25(31)21(97-113(71,72)73)17(93-109(59,60)61)13(11(89-105(47,48)49)7-83-103(41,42)43)87-27-23(99-115(77,78)79)19(95-111(65,66)67)15(91-107(53,54)55)9(85-27)5-81-101(35,36)37/h8-23,26-27H,1-7H2,(H,28,30)(H,29,31)(H,32,33,34)(H,35,36,37)(H,38,39,40)(H,41,42,43)(H,44,45,46)(H,47,48,49)(H,50,51,52)(H,53,54,55)(H,56,57,58)(H,59,60,61)(H,62,63,64)(H,65,66,67)(H,68,69,70)(H,71,72,73)(H,74,75,76)(H,77,78,79)/t8-,9-,10-,11+,12-,13-,14+,15+,16+,17+,18+,19+,20-,21-,22-,23-,26+,27+/m1/s1. The number of hydrogen-bond acceptors (Lipinski definition) is 54. The highest BCUT2D eigenvalue weighted by molar-refractivity contribution is 7.84. The summed E-state index contributed by atoms with van der Waals surface area (Å²) in [5.41, 5.74) is 0. The molecule has 2 amide bonds. The fourth-order valence-corrected chi connectivity index (χ4v) is 15.5. The Morgan fingerprint density at radius 3 is 0.713 bits per heavy atom. The number of nitrogens with one attached hydrogen (secondary N) is 2. The van der Waals surface area contributed by atoms with Crippen LogP contribution in [0.15, 0.2) is 0 Å². The van der Waals surface area contributed by atoms with Gasteiger partial charge in [0.15, 0.2) is 37.0 Å². The van der Waals surface area contributed by atoms with E-state index in [4.69, 9.17) is 18.9 Å². The molecule has 2 rings (SSSR count). The molecule has 72 nitrogen and oxygen atoms in total. The molecule has 0 aromatic rings. The molecule has 0 radical (unpaired) electrons. The Bertz CT molecular complexity index is 5030. The number of amides is 2. The summed E-state index contributed by atoms with van der Waals surface area (Å²) in [6.07, 6.45) is -72.6. The third-order valence-electron chi connectivity index (χ3n) is 11.5. The Morgan fingerprint density at radius 1 is 0.270 bits per heavy atom. The third kappa shape index (κ3) is 46.0. The summed E-state index contributed by atoms with van der Waals surface area (Å²) < 4.78 is 628. The van der Waals surface area contributed by atoms with E-state index in [0.29, 0.717) is 0 Å². The molecule has 0 unspecified atom stereocenters. The topological polar surface area (TPSA) is 1110 Å². The summed E-state index contributed by atoms with van der Waals surface area (Å²) in [5, 5.41) is 2.57. The Kier molecular flexibility index (Phi) is 37.8. The van der Waals surface area contributed by atoms with Crippen molar-refractivity contribution in [3.63, 3.8) is 0 Å². The molecule has 18 N–H and O–H groups in total. The van der Waals surface area contributed by atoms with Crippen LogP contribution in [-0.2, 0) is 262 Å². The van der Waals surface area contributed by atoms with Crippen LogP contribution in [-0.4, -0.2) is 369 Å². The smallest absolute Gasteiger partial charge is 0.354 e. The van der Waals surface area contributed by atoms with Crippen LogP contribution in [0.1, 0.15) is 6.42 Å². The largest absolute Gasteiger partial charge is 0.398 e. The molecule has 0 aliphatic carbocycles. The zero-order valence-electron chi connectivity index (χ0n) is 53.1. The average molecular weight is 2040 g/mol. The molecule has 18 atom stereocenters. The summed E-state index contributed by atoms with van der Waals surface area (Å²) in [6, 6.07) is 0. The van der Waals surface area contributed by atoms with Crippen molar-refractivity contribution in [1.82, 2.24) is 10.6 Å². The highest BCUT2D eigenvalue weighted by Gasteiger charge is 2.60. The zero-order valence-corrected chi connectivity index (χ0v) is 66.1. The summed E-state index contributed by atoms with van der Waals surface area (Å²) in [4.78, 5) is 28.4. The van der Waals surface area contributed by atoms with Gasteiger partial charge in [-0.1, -0.05) is 0 Å². The quantitative estimate of drug-likeness (QED) is 0.0199. The maximum atomic E-state index is 14.2. The van der Waals surface area contributed by atoms with Crippen molar-refractivity contribution in [2.45, 2.75) is 117 Å². The molecule has 0 bridgehead atoms. The number of rotatable bonds is 52. The second kappa shape index (κ2) is 40.4. The van der Waals surface area contributed by atoms with Gasteiger partial charge in [-0.05, 0) is 6.42 Å². The minimum absolute atomic E-state index is 1.29. The Hall–Kier alpha value is -3.30. The van der Waals surface area contributed by atoms with E-state index in [2.05, 4.69) is 66.9 Å². The summed E-state index contributed by atoms with van der Waals surface area (Å²) in [7, 11) is -105.